The number of para-hydroxylation sites is 1. The summed E-state index contributed by atoms with van der Waals surface area (Å²) in [6.45, 7) is 0. The molecule has 0 radical (unpaired) electrons. The van der Waals surface area contributed by atoms with Crippen LogP contribution in [0.4, 0.5) is 0 Å². The quantitative estimate of drug-likeness (QED) is 0.165. The molecule has 0 aliphatic carbocycles. The van der Waals surface area contributed by atoms with Crippen LogP contribution in [0, 0.1) is 0 Å². The Kier molecular flexibility index (Phi) is 9.01. The maximum atomic E-state index is 14.5. The molecule has 218 valence electrons. The number of ether oxygens (including phenoxy) is 3. The largest absolute Gasteiger partial charge is 0.497 e. The standard InChI is InChI=1S/C36H33NO6/c1-41-29-22-27(23-30(24-29)42-2)34(38)33(36(20-9-21-37-36)19-8-12-25-10-4-3-5-11-25)26-15-17-28(18-16-26)43-32-14-7-6-13-31(32)35(39)40/h3-7,9-11,13-18,20-24,33H,8,12,19H2,1-2H3,(H,39,40). The number of carbonyl (C=O) groups excluding carboxylic acids is 1. The van der Waals surface area contributed by atoms with Gasteiger partial charge in [-0.05, 0) is 72.9 Å². The zero-order valence-corrected chi connectivity index (χ0v) is 24.1. The summed E-state index contributed by atoms with van der Waals surface area (Å²) >= 11 is 0. The molecule has 1 aliphatic heterocycles. The summed E-state index contributed by atoms with van der Waals surface area (Å²) in [7, 11) is 3.10. The Morgan fingerprint density at radius 1 is 0.837 bits per heavy atom. The summed E-state index contributed by atoms with van der Waals surface area (Å²) in [6, 6.07) is 29.1. The van der Waals surface area contributed by atoms with E-state index in [0.717, 1.165) is 18.4 Å². The third kappa shape index (κ3) is 6.67. The number of aliphatic imine (C=N–C) groups is 1. The van der Waals surface area contributed by atoms with E-state index < -0.39 is 17.4 Å². The molecule has 4 aromatic rings. The molecule has 1 heterocycles. The molecule has 2 atom stereocenters. The van der Waals surface area contributed by atoms with Crippen LogP contribution in [0.15, 0.2) is 114 Å². The number of aryl methyl sites for hydroxylation is 1. The Bertz CT molecular complexity index is 1610. The number of carboxylic acid groups (broad SMARTS) is 1. The number of allylic oxidation sites excluding steroid dienone is 1. The fourth-order valence-electron chi connectivity index (χ4n) is 5.49. The zero-order chi connectivity index (χ0) is 30.2. The van der Waals surface area contributed by atoms with Gasteiger partial charge in [0.15, 0.2) is 5.78 Å². The summed E-state index contributed by atoms with van der Waals surface area (Å²) in [4.78, 5) is 31.1. The molecule has 43 heavy (non-hydrogen) atoms. The number of benzene rings is 4. The van der Waals surface area contributed by atoms with E-state index >= 15 is 0 Å². The van der Waals surface area contributed by atoms with Gasteiger partial charge < -0.3 is 19.3 Å². The zero-order valence-electron chi connectivity index (χ0n) is 24.1. The highest BCUT2D eigenvalue weighted by molar-refractivity contribution is 6.03. The fraction of sp³-hybridized carbons (Fsp3) is 0.194. The normalized spacial score (nSPS) is 16.0. The van der Waals surface area contributed by atoms with E-state index in [1.165, 1.54) is 11.6 Å². The van der Waals surface area contributed by atoms with Gasteiger partial charge in [0.1, 0.15) is 28.6 Å². The van der Waals surface area contributed by atoms with Gasteiger partial charge in [-0.1, -0.05) is 60.7 Å². The molecule has 1 N–H and O–H groups in total. The molecule has 7 heteroatoms. The highest BCUT2D eigenvalue weighted by Gasteiger charge is 2.43. The lowest BCUT2D eigenvalue weighted by molar-refractivity contribution is 0.0693. The first-order valence-corrected chi connectivity index (χ1v) is 14.1. The molecule has 7 nitrogen and oxygen atoms in total. The van der Waals surface area contributed by atoms with Crippen LogP contribution >= 0.6 is 0 Å². The smallest absolute Gasteiger partial charge is 0.339 e. The molecule has 0 amide bonds. The second-order valence-corrected chi connectivity index (χ2v) is 10.3. The lowest BCUT2D eigenvalue weighted by Gasteiger charge is -2.33. The molecule has 0 fully saturated rings. The van der Waals surface area contributed by atoms with Crippen LogP contribution in [-0.2, 0) is 6.42 Å². The summed E-state index contributed by atoms with van der Waals surface area (Å²) in [5.74, 6) is -0.123. The Morgan fingerprint density at radius 3 is 2.14 bits per heavy atom. The van der Waals surface area contributed by atoms with Crippen molar-refractivity contribution in [2.45, 2.75) is 30.7 Å². The molecule has 4 aromatic carbocycles. The molecule has 0 bridgehead atoms. The number of carbonyl (C=O) groups is 2. The first-order valence-electron chi connectivity index (χ1n) is 14.1. The Balaban J connectivity index is 1.51. The predicted molar refractivity (Wildman–Crippen MR) is 166 cm³/mol. The van der Waals surface area contributed by atoms with E-state index in [1.807, 2.05) is 42.5 Å². The second-order valence-electron chi connectivity index (χ2n) is 10.3. The molecule has 0 saturated heterocycles. The summed E-state index contributed by atoms with van der Waals surface area (Å²) in [5, 5.41) is 9.54. The number of rotatable bonds is 13. The Hall–Kier alpha value is -5.17. The summed E-state index contributed by atoms with van der Waals surface area (Å²) < 4.78 is 16.9. The average Bonchev–Trinajstić information content (AvgIpc) is 3.51. The van der Waals surface area contributed by atoms with Gasteiger partial charge >= 0.3 is 5.97 Å². The minimum absolute atomic E-state index is 0.0643. The van der Waals surface area contributed by atoms with Crippen LogP contribution < -0.4 is 14.2 Å². The van der Waals surface area contributed by atoms with Crippen molar-refractivity contribution in [2.75, 3.05) is 14.2 Å². The number of nitrogens with zero attached hydrogens (tertiary/aromatic N) is 1. The lowest BCUT2D eigenvalue weighted by atomic mass is 9.72. The minimum atomic E-state index is -1.07. The van der Waals surface area contributed by atoms with Crippen LogP contribution in [0.1, 0.15) is 50.6 Å². The predicted octanol–water partition coefficient (Wildman–Crippen LogP) is 7.56. The van der Waals surface area contributed by atoms with E-state index in [1.54, 1.807) is 69.0 Å². The van der Waals surface area contributed by atoms with Gasteiger partial charge in [-0.25, -0.2) is 4.79 Å². The topological polar surface area (TPSA) is 94.4 Å². The molecular weight excluding hydrogens is 542 g/mol. The van der Waals surface area contributed by atoms with Crippen LogP contribution in [0.25, 0.3) is 0 Å². The molecule has 0 spiro atoms. The van der Waals surface area contributed by atoms with Gasteiger partial charge in [0, 0.05) is 17.8 Å². The Labute approximate surface area is 251 Å². The van der Waals surface area contributed by atoms with Crippen molar-refractivity contribution < 1.29 is 28.9 Å². The monoisotopic (exact) mass is 575 g/mol. The number of Topliss-reactive ketones (excluding diaryl/α,β-unsaturated/α-hetero) is 1. The lowest BCUT2D eigenvalue weighted by Crippen LogP contribution is -2.36. The third-order valence-electron chi connectivity index (χ3n) is 7.63. The van der Waals surface area contributed by atoms with Crippen molar-refractivity contribution in [2.24, 2.45) is 4.99 Å². The van der Waals surface area contributed by atoms with E-state index in [9.17, 15) is 14.7 Å². The van der Waals surface area contributed by atoms with Crippen molar-refractivity contribution in [3.8, 4) is 23.0 Å². The maximum absolute atomic E-state index is 14.5. The van der Waals surface area contributed by atoms with Gasteiger partial charge in [0.2, 0.25) is 0 Å². The maximum Gasteiger partial charge on any atom is 0.339 e. The molecule has 2 unspecified atom stereocenters. The highest BCUT2D eigenvalue weighted by Crippen LogP contribution is 2.43. The van der Waals surface area contributed by atoms with E-state index in [0.29, 0.717) is 29.2 Å². The number of hydrogen-bond donors (Lipinski definition) is 1. The van der Waals surface area contributed by atoms with Crippen LogP contribution in [0.5, 0.6) is 23.0 Å². The van der Waals surface area contributed by atoms with Crippen LogP contribution in [0.2, 0.25) is 0 Å². The number of hydrogen-bond acceptors (Lipinski definition) is 6. The van der Waals surface area contributed by atoms with Gasteiger partial charge in [0.05, 0.1) is 25.7 Å². The number of ketones is 1. The average molecular weight is 576 g/mol. The number of carboxylic acids is 1. The molecule has 0 aromatic heterocycles. The third-order valence-corrected chi connectivity index (χ3v) is 7.63. The molecule has 5 rings (SSSR count). The van der Waals surface area contributed by atoms with Crippen molar-refractivity contribution in [1.82, 2.24) is 0 Å². The van der Waals surface area contributed by atoms with E-state index in [2.05, 4.69) is 12.1 Å². The second kappa shape index (κ2) is 13.2. The SMILES string of the molecule is COc1cc(OC)cc(C(=O)C(c2ccc(Oc3ccccc3C(=O)O)cc2)C2(CCCc3ccccc3)C=CC=N2)c1. The van der Waals surface area contributed by atoms with E-state index in [-0.39, 0.29) is 17.1 Å². The van der Waals surface area contributed by atoms with Crippen molar-refractivity contribution in [1.29, 1.82) is 0 Å². The fourth-order valence-corrected chi connectivity index (χ4v) is 5.49. The number of methoxy groups -OCH3 is 2. The van der Waals surface area contributed by atoms with Crippen LogP contribution in [0.3, 0.4) is 0 Å². The highest BCUT2D eigenvalue weighted by atomic mass is 16.5. The minimum Gasteiger partial charge on any atom is -0.497 e. The molecular formula is C36H33NO6. The van der Waals surface area contributed by atoms with Crippen LogP contribution in [-0.4, -0.2) is 42.8 Å². The number of aromatic carboxylic acids is 1. The van der Waals surface area contributed by atoms with Gasteiger partial charge in [0.25, 0.3) is 0 Å². The molecule has 0 saturated carbocycles. The van der Waals surface area contributed by atoms with Crippen molar-refractivity contribution in [3.63, 3.8) is 0 Å². The molecule has 1 aliphatic rings. The summed E-state index contributed by atoms with van der Waals surface area (Å²) in [5.41, 5.74) is 1.70. The first-order chi connectivity index (χ1) is 20.9. The van der Waals surface area contributed by atoms with Gasteiger partial charge in [-0.15, -0.1) is 0 Å². The van der Waals surface area contributed by atoms with E-state index in [4.69, 9.17) is 19.2 Å². The first kappa shape index (κ1) is 29.3. The summed E-state index contributed by atoms with van der Waals surface area (Å²) in [6.07, 6.45) is 8.01. The van der Waals surface area contributed by atoms with Gasteiger partial charge in [-0.3, -0.25) is 9.79 Å². The Morgan fingerprint density at radius 2 is 1.51 bits per heavy atom. The van der Waals surface area contributed by atoms with Gasteiger partial charge in [-0.2, -0.15) is 0 Å². The van der Waals surface area contributed by atoms with Crippen molar-refractivity contribution >= 4 is 18.0 Å². The van der Waals surface area contributed by atoms with Crippen molar-refractivity contribution in [3.05, 3.63) is 131 Å².